The van der Waals surface area contributed by atoms with Crippen molar-refractivity contribution < 1.29 is 8.78 Å². The van der Waals surface area contributed by atoms with Gasteiger partial charge >= 0.3 is 0 Å². The maximum absolute atomic E-state index is 15.4. The van der Waals surface area contributed by atoms with Crippen LogP contribution in [-0.4, -0.2) is 38.2 Å². The summed E-state index contributed by atoms with van der Waals surface area (Å²) in [6.07, 6.45) is 3.29. The lowest BCUT2D eigenvalue weighted by molar-refractivity contribution is 0.530. The molecule has 0 amide bonds. The Hall–Kier alpha value is -3.53. The minimum Gasteiger partial charge on any atom is -0.378 e. The van der Waals surface area contributed by atoms with Crippen LogP contribution in [0.1, 0.15) is 29.4 Å². The Bertz CT molecular complexity index is 1070. The van der Waals surface area contributed by atoms with Gasteiger partial charge in [-0.05, 0) is 37.3 Å². The molecule has 0 N–H and O–H groups in total. The third kappa shape index (κ3) is 3.57. The highest BCUT2D eigenvalue weighted by Crippen LogP contribution is 2.40. The highest BCUT2D eigenvalue weighted by Gasteiger charge is 2.38. The average molecular weight is 407 g/mol. The van der Waals surface area contributed by atoms with Crippen LogP contribution in [-0.2, 0) is 5.41 Å². The fourth-order valence-electron chi connectivity index (χ4n) is 3.39. The first-order valence-corrected chi connectivity index (χ1v) is 9.36. The van der Waals surface area contributed by atoms with Crippen molar-refractivity contribution in [1.82, 2.24) is 9.97 Å². The molecule has 5 nitrogen and oxygen atoms in total. The molecule has 0 radical (unpaired) electrons. The molecule has 3 aromatic rings. The van der Waals surface area contributed by atoms with Crippen molar-refractivity contribution in [3.8, 4) is 6.07 Å². The fourth-order valence-corrected chi connectivity index (χ4v) is 3.39. The highest BCUT2D eigenvalue weighted by atomic mass is 19.1. The van der Waals surface area contributed by atoms with Gasteiger partial charge in [0.2, 0.25) is 0 Å². The summed E-state index contributed by atoms with van der Waals surface area (Å²) in [4.78, 5) is 12.9. The molecule has 1 aromatic carbocycles. The molecule has 2 heterocycles. The first-order valence-electron chi connectivity index (χ1n) is 9.36. The van der Waals surface area contributed by atoms with Crippen molar-refractivity contribution in [1.29, 1.82) is 5.26 Å². The third-order valence-electron chi connectivity index (χ3n) is 5.29. The topological polar surface area (TPSA) is 56.1 Å². The van der Waals surface area contributed by atoms with Crippen LogP contribution >= 0.6 is 0 Å². The Labute approximate surface area is 175 Å². The third-order valence-corrected chi connectivity index (χ3v) is 5.29. The van der Waals surface area contributed by atoms with Gasteiger partial charge in [-0.3, -0.25) is 9.97 Å². The summed E-state index contributed by atoms with van der Waals surface area (Å²) in [7, 11) is 7.59. The molecule has 154 valence electrons. The maximum atomic E-state index is 15.4. The van der Waals surface area contributed by atoms with Crippen molar-refractivity contribution in [2.75, 3.05) is 38.0 Å². The zero-order valence-electron chi connectivity index (χ0n) is 17.6. The van der Waals surface area contributed by atoms with Gasteiger partial charge in [-0.1, -0.05) is 6.07 Å². The van der Waals surface area contributed by atoms with E-state index in [0.29, 0.717) is 11.4 Å². The number of hydrogen-bond donors (Lipinski definition) is 0. The van der Waals surface area contributed by atoms with Crippen LogP contribution in [0, 0.1) is 23.0 Å². The standard InChI is InChI=1S/C23H23F2N5/c1-23(20-12-15(29(2)3)8-10-27-20,21-13-16(30(4)5)9-11-28-21)18-6-7-19(24)17(14-26)22(18)25/h6-13H,1-5H3. The van der Waals surface area contributed by atoms with E-state index in [2.05, 4.69) is 9.97 Å². The molecule has 0 aliphatic carbocycles. The number of aromatic nitrogens is 2. The van der Waals surface area contributed by atoms with E-state index in [-0.39, 0.29) is 5.56 Å². The maximum Gasteiger partial charge on any atom is 0.148 e. The van der Waals surface area contributed by atoms with Gasteiger partial charge in [-0.15, -0.1) is 0 Å². The summed E-state index contributed by atoms with van der Waals surface area (Å²) in [6, 6.07) is 11.5. The van der Waals surface area contributed by atoms with Gasteiger partial charge < -0.3 is 9.80 Å². The Kier molecular flexibility index (Phi) is 5.70. The second-order valence-corrected chi connectivity index (χ2v) is 7.61. The molecule has 0 fully saturated rings. The highest BCUT2D eigenvalue weighted by molar-refractivity contribution is 5.56. The van der Waals surface area contributed by atoms with Crippen molar-refractivity contribution in [3.63, 3.8) is 0 Å². The Morgan fingerprint density at radius 1 is 0.867 bits per heavy atom. The molecule has 30 heavy (non-hydrogen) atoms. The molecule has 7 heteroatoms. The number of anilines is 2. The number of hydrogen-bond acceptors (Lipinski definition) is 5. The summed E-state index contributed by atoms with van der Waals surface area (Å²) in [5, 5.41) is 9.29. The normalized spacial score (nSPS) is 11.1. The lowest BCUT2D eigenvalue weighted by atomic mass is 9.75. The number of halogens is 2. The van der Waals surface area contributed by atoms with Crippen LogP contribution in [0.3, 0.4) is 0 Å². The second-order valence-electron chi connectivity index (χ2n) is 7.61. The van der Waals surface area contributed by atoms with E-state index >= 15 is 4.39 Å². The molecule has 0 spiro atoms. The molecule has 2 aromatic heterocycles. The second kappa shape index (κ2) is 8.07. The van der Waals surface area contributed by atoms with E-state index in [4.69, 9.17) is 0 Å². The van der Waals surface area contributed by atoms with Gasteiger partial charge in [0.15, 0.2) is 0 Å². The minimum absolute atomic E-state index is 0.132. The van der Waals surface area contributed by atoms with Crippen LogP contribution < -0.4 is 9.80 Å². The van der Waals surface area contributed by atoms with E-state index < -0.39 is 22.6 Å². The van der Waals surface area contributed by atoms with E-state index in [1.165, 1.54) is 6.07 Å². The van der Waals surface area contributed by atoms with Gasteiger partial charge in [0, 0.05) is 57.5 Å². The lowest BCUT2D eigenvalue weighted by Gasteiger charge is -2.31. The monoisotopic (exact) mass is 407 g/mol. The largest absolute Gasteiger partial charge is 0.378 e. The van der Waals surface area contributed by atoms with Gasteiger partial charge in [0.1, 0.15) is 23.3 Å². The van der Waals surface area contributed by atoms with Crippen molar-refractivity contribution in [2.24, 2.45) is 0 Å². The molecule has 0 aliphatic heterocycles. The number of nitriles is 1. The predicted octanol–water partition coefficient (Wildman–Crippen LogP) is 4.11. The SMILES string of the molecule is CN(C)c1ccnc(C(C)(c2cc(N(C)C)ccn2)c2ccc(F)c(C#N)c2F)c1. The first-order chi connectivity index (χ1) is 14.2. The summed E-state index contributed by atoms with van der Waals surface area (Å²) in [5.41, 5.74) is 1.16. The molecule has 0 saturated heterocycles. The quantitative estimate of drug-likeness (QED) is 0.637. The van der Waals surface area contributed by atoms with Crippen LogP contribution in [0.2, 0.25) is 0 Å². The van der Waals surface area contributed by atoms with E-state index in [9.17, 15) is 9.65 Å². The zero-order chi connectivity index (χ0) is 22.1. The summed E-state index contributed by atoms with van der Waals surface area (Å²) >= 11 is 0. The van der Waals surface area contributed by atoms with E-state index in [0.717, 1.165) is 17.4 Å². The molecule has 0 unspecified atom stereocenters. The van der Waals surface area contributed by atoms with Gasteiger partial charge in [0.25, 0.3) is 0 Å². The van der Waals surface area contributed by atoms with Gasteiger partial charge in [-0.2, -0.15) is 5.26 Å². The van der Waals surface area contributed by atoms with Crippen molar-refractivity contribution >= 4 is 11.4 Å². The Morgan fingerprint density at radius 2 is 1.37 bits per heavy atom. The molecule has 0 atom stereocenters. The number of nitrogens with zero attached hydrogens (tertiary/aromatic N) is 5. The average Bonchev–Trinajstić information content (AvgIpc) is 2.73. The predicted molar refractivity (Wildman–Crippen MR) is 114 cm³/mol. The zero-order valence-corrected chi connectivity index (χ0v) is 17.6. The summed E-state index contributed by atoms with van der Waals surface area (Å²) in [6.45, 7) is 1.79. The minimum atomic E-state index is -1.17. The molecule has 0 aliphatic rings. The Morgan fingerprint density at radius 3 is 1.80 bits per heavy atom. The lowest BCUT2D eigenvalue weighted by Crippen LogP contribution is -2.30. The van der Waals surface area contributed by atoms with Crippen LogP contribution in [0.15, 0.2) is 48.8 Å². The summed E-state index contributed by atoms with van der Waals surface area (Å²) in [5.74, 6) is -1.81. The van der Waals surface area contributed by atoms with Gasteiger partial charge in [0.05, 0.1) is 16.8 Å². The fraction of sp³-hybridized carbons (Fsp3) is 0.261. The van der Waals surface area contributed by atoms with Crippen LogP contribution in [0.5, 0.6) is 0 Å². The first kappa shape index (κ1) is 21.2. The van der Waals surface area contributed by atoms with E-state index in [1.807, 2.05) is 62.3 Å². The van der Waals surface area contributed by atoms with Crippen LogP contribution in [0.4, 0.5) is 20.2 Å². The van der Waals surface area contributed by atoms with Gasteiger partial charge in [-0.25, -0.2) is 8.78 Å². The molecule has 3 rings (SSSR count). The molecule has 0 bridgehead atoms. The molecular weight excluding hydrogens is 384 g/mol. The van der Waals surface area contributed by atoms with E-state index in [1.54, 1.807) is 25.4 Å². The molecule has 0 saturated carbocycles. The summed E-state index contributed by atoms with van der Waals surface area (Å²) < 4.78 is 29.4. The van der Waals surface area contributed by atoms with Crippen molar-refractivity contribution in [3.05, 3.63) is 82.9 Å². The Balaban J connectivity index is 2.38. The number of pyridine rings is 2. The smallest absolute Gasteiger partial charge is 0.148 e. The van der Waals surface area contributed by atoms with Crippen LogP contribution in [0.25, 0.3) is 0 Å². The molecular formula is C23H23F2N5. The van der Waals surface area contributed by atoms with Crippen molar-refractivity contribution in [2.45, 2.75) is 12.3 Å². The number of rotatable bonds is 5. The number of benzene rings is 1.